The zero-order valence-electron chi connectivity index (χ0n) is 17.8. The highest BCUT2D eigenvalue weighted by Gasteiger charge is 2.40. The summed E-state index contributed by atoms with van der Waals surface area (Å²) >= 11 is 1.23. The number of nitrogens with one attached hydrogen (secondary N) is 2. The van der Waals surface area contributed by atoms with Gasteiger partial charge in [-0.05, 0) is 55.6 Å². The van der Waals surface area contributed by atoms with Gasteiger partial charge < -0.3 is 20.6 Å². The summed E-state index contributed by atoms with van der Waals surface area (Å²) in [5.41, 5.74) is 1.39. The molecule has 8 nitrogen and oxygen atoms in total. The third kappa shape index (κ3) is 3.72. The number of carbonyl (C=O) groups excluding carboxylic acids is 1. The summed E-state index contributed by atoms with van der Waals surface area (Å²) in [6.45, 7) is 4.78. The summed E-state index contributed by atoms with van der Waals surface area (Å²) in [4.78, 5) is 28.6. The average molecular weight is 457 g/mol. The number of nitrogens with zero attached hydrogens (tertiary/aromatic N) is 4. The van der Waals surface area contributed by atoms with Gasteiger partial charge in [0, 0.05) is 24.2 Å². The van der Waals surface area contributed by atoms with E-state index in [0.717, 1.165) is 37.2 Å². The molecule has 2 aromatic heterocycles. The van der Waals surface area contributed by atoms with E-state index in [0.29, 0.717) is 40.2 Å². The topological polar surface area (TPSA) is 103 Å². The van der Waals surface area contributed by atoms with E-state index in [9.17, 15) is 14.3 Å². The third-order valence-electron chi connectivity index (χ3n) is 6.39. The van der Waals surface area contributed by atoms with Crippen molar-refractivity contribution in [2.45, 2.75) is 25.2 Å². The number of fused-ring (bicyclic) bond motifs is 2. The molecule has 1 aromatic carbocycles. The number of thiazole rings is 1. The summed E-state index contributed by atoms with van der Waals surface area (Å²) in [5.74, 6) is 0.470. The van der Waals surface area contributed by atoms with Gasteiger partial charge >= 0.3 is 0 Å². The average Bonchev–Trinajstić information content (AvgIpc) is 3.38. The number of amides is 1. The number of hydrogen-bond acceptors (Lipinski definition) is 8. The van der Waals surface area contributed by atoms with E-state index in [-0.39, 0.29) is 18.3 Å². The van der Waals surface area contributed by atoms with E-state index in [1.165, 1.54) is 29.8 Å². The minimum absolute atomic E-state index is 0.129. The molecule has 168 valence electrons. The van der Waals surface area contributed by atoms with Crippen LogP contribution in [-0.2, 0) is 5.41 Å². The van der Waals surface area contributed by atoms with E-state index in [2.05, 4.69) is 25.6 Å². The van der Waals surface area contributed by atoms with Gasteiger partial charge in [-0.3, -0.25) is 4.79 Å². The quantitative estimate of drug-likeness (QED) is 0.542. The molecular weight excluding hydrogens is 431 g/mol. The van der Waals surface area contributed by atoms with Crippen LogP contribution >= 0.6 is 11.3 Å². The van der Waals surface area contributed by atoms with Gasteiger partial charge in [0.1, 0.15) is 22.5 Å². The van der Waals surface area contributed by atoms with Gasteiger partial charge in [0.15, 0.2) is 10.8 Å². The van der Waals surface area contributed by atoms with Crippen molar-refractivity contribution in [3.63, 3.8) is 0 Å². The fourth-order valence-corrected chi connectivity index (χ4v) is 5.32. The fourth-order valence-electron chi connectivity index (χ4n) is 4.51. The molecule has 1 fully saturated rings. The minimum atomic E-state index is -0.639. The van der Waals surface area contributed by atoms with Crippen molar-refractivity contribution < 1.29 is 14.3 Å². The van der Waals surface area contributed by atoms with Gasteiger partial charge in [-0.1, -0.05) is 18.3 Å². The lowest BCUT2D eigenvalue weighted by molar-refractivity contribution is 0.0944. The predicted octanol–water partition coefficient (Wildman–Crippen LogP) is 2.36. The molecule has 32 heavy (non-hydrogen) atoms. The molecule has 4 heterocycles. The van der Waals surface area contributed by atoms with E-state index in [4.69, 9.17) is 0 Å². The first-order valence-corrected chi connectivity index (χ1v) is 11.6. The minimum Gasteiger partial charge on any atom is -0.395 e. The van der Waals surface area contributed by atoms with Crippen molar-refractivity contribution in [1.82, 2.24) is 25.6 Å². The number of carbonyl (C=O) groups is 1. The lowest BCUT2D eigenvalue weighted by Crippen LogP contribution is -2.35. The van der Waals surface area contributed by atoms with Gasteiger partial charge in [0.05, 0.1) is 6.61 Å². The van der Waals surface area contributed by atoms with E-state index >= 15 is 0 Å². The summed E-state index contributed by atoms with van der Waals surface area (Å²) in [7, 11) is 0. The van der Waals surface area contributed by atoms with Crippen molar-refractivity contribution in [2.24, 2.45) is 5.92 Å². The van der Waals surface area contributed by atoms with Gasteiger partial charge in [-0.2, -0.15) is 0 Å². The molecule has 5 rings (SSSR count). The normalized spacial score (nSPS) is 21.2. The number of rotatable bonds is 5. The summed E-state index contributed by atoms with van der Waals surface area (Å²) in [5, 5.41) is 16.7. The van der Waals surface area contributed by atoms with Crippen molar-refractivity contribution in [2.75, 3.05) is 37.7 Å². The van der Waals surface area contributed by atoms with Crippen LogP contribution in [0.25, 0.3) is 10.3 Å². The van der Waals surface area contributed by atoms with Crippen LogP contribution < -0.4 is 15.5 Å². The Balaban J connectivity index is 1.45. The standard InChI is InChI=1S/C22H25FN6O2S/c1-22(11-30)10-29(16-3-2-14(23)8-15(16)22)18-17-20(27-12-26-18)32-21(28-17)19(31)25-9-13-4-6-24-7-5-13/h2-3,8,12-13,24,30H,4-7,9-11H2,1H3,(H,25,31). The van der Waals surface area contributed by atoms with Crippen molar-refractivity contribution in [1.29, 1.82) is 0 Å². The van der Waals surface area contributed by atoms with Crippen LogP contribution in [0.2, 0.25) is 0 Å². The number of benzene rings is 1. The molecule has 3 aromatic rings. The molecule has 2 aliphatic heterocycles. The Labute approximate surface area is 188 Å². The Morgan fingerprint density at radius 3 is 2.97 bits per heavy atom. The number of aromatic nitrogens is 3. The molecule has 3 N–H and O–H groups in total. The van der Waals surface area contributed by atoms with Crippen molar-refractivity contribution in [3.05, 3.63) is 40.9 Å². The molecule has 10 heteroatoms. The maximum atomic E-state index is 13.9. The van der Waals surface area contributed by atoms with Crippen LogP contribution in [0.5, 0.6) is 0 Å². The maximum Gasteiger partial charge on any atom is 0.280 e. The maximum absolute atomic E-state index is 13.9. The number of piperidine rings is 1. The number of aliphatic hydroxyl groups is 1. The first-order chi connectivity index (χ1) is 15.5. The molecule has 0 radical (unpaired) electrons. The highest BCUT2D eigenvalue weighted by atomic mass is 32.1. The second-order valence-corrected chi connectivity index (χ2v) is 9.72. The molecule has 1 saturated heterocycles. The van der Waals surface area contributed by atoms with Crippen LogP contribution in [0.4, 0.5) is 15.9 Å². The first kappa shape index (κ1) is 21.2. The Morgan fingerprint density at radius 2 is 2.19 bits per heavy atom. The molecule has 0 spiro atoms. The zero-order chi connectivity index (χ0) is 22.3. The van der Waals surface area contributed by atoms with Crippen LogP contribution in [-0.4, -0.2) is 58.8 Å². The molecule has 1 unspecified atom stereocenters. The van der Waals surface area contributed by atoms with Crippen LogP contribution in [0.3, 0.4) is 0 Å². The Morgan fingerprint density at radius 1 is 1.38 bits per heavy atom. The highest BCUT2D eigenvalue weighted by Crippen LogP contribution is 2.45. The smallest absolute Gasteiger partial charge is 0.280 e. The Kier molecular flexibility index (Phi) is 5.52. The van der Waals surface area contributed by atoms with Gasteiger partial charge in [-0.15, -0.1) is 0 Å². The Hall–Kier alpha value is -2.69. The lowest BCUT2D eigenvalue weighted by atomic mass is 9.85. The molecule has 0 aliphatic carbocycles. The highest BCUT2D eigenvalue weighted by molar-refractivity contribution is 7.19. The fraction of sp³-hybridized carbons (Fsp3) is 0.455. The van der Waals surface area contributed by atoms with Gasteiger partial charge in [-0.25, -0.2) is 19.3 Å². The summed E-state index contributed by atoms with van der Waals surface area (Å²) < 4.78 is 13.9. The number of hydrogen-bond donors (Lipinski definition) is 3. The van der Waals surface area contributed by atoms with Crippen molar-refractivity contribution in [3.8, 4) is 0 Å². The predicted molar refractivity (Wildman–Crippen MR) is 121 cm³/mol. The SMILES string of the molecule is CC1(CO)CN(c2ncnc3sc(C(=O)NCC4CCNCC4)nc23)c2ccc(F)cc21. The molecule has 0 bridgehead atoms. The monoisotopic (exact) mass is 456 g/mol. The Bertz CT molecular complexity index is 1160. The largest absolute Gasteiger partial charge is 0.395 e. The molecule has 1 amide bonds. The second-order valence-electron chi connectivity index (χ2n) is 8.74. The summed E-state index contributed by atoms with van der Waals surface area (Å²) in [6.07, 6.45) is 3.55. The van der Waals surface area contributed by atoms with Crippen LogP contribution in [0.15, 0.2) is 24.5 Å². The lowest BCUT2D eigenvalue weighted by Gasteiger charge is -2.23. The number of halogens is 1. The first-order valence-electron chi connectivity index (χ1n) is 10.8. The van der Waals surface area contributed by atoms with Gasteiger partial charge in [0.2, 0.25) is 0 Å². The zero-order valence-corrected chi connectivity index (χ0v) is 18.6. The van der Waals surface area contributed by atoms with E-state index in [1.807, 2.05) is 11.8 Å². The van der Waals surface area contributed by atoms with Gasteiger partial charge in [0.25, 0.3) is 5.91 Å². The number of aliphatic hydroxyl groups excluding tert-OH is 1. The molecule has 0 saturated carbocycles. The summed E-state index contributed by atoms with van der Waals surface area (Å²) in [6, 6.07) is 4.55. The van der Waals surface area contributed by atoms with E-state index in [1.54, 1.807) is 6.07 Å². The van der Waals surface area contributed by atoms with E-state index < -0.39 is 5.41 Å². The number of anilines is 2. The van der Waals surface area contributed by atoms with Crippen molar-refractivity contribution >= 4 is 39.1 Å². The molecule has 1 atom stereocenters. The second kappa shape index (κ2) is 8.34. The van der Waals surface area contributed by atoms with Crippen LogP contribution in [0.1, 0.15) is 35.1 Å². The third-order valence-corrected chi connectivity index (χ3v) is 7.35. The molecular formula is C22H25FN6O2S. The van der Waals surface area contributed by atoms with Crippen LogP contribution in [0, 0.1) is 11.7 Å². The molecule has 2 aliphatic rings.